The molecule has 0 saturated heterocycles. The van der Waals surface area contributed by atoms with E-state index in [-0.39, 0.29) is 18.4 Å². The summed E-state index contributed by atoms with van der Waals surface area (Å²) >= 11 is 0. The third kappa shape index (κ3) is 7.95. The molecule has 3 atom stereocenters. The lowest BCUT2D eigenvalue weighted by molar-refractivity contribution is -0.124. The van der Waals surface area contributed by atoms with Gasteiger partial charge in [-0.1, -0.05) is 49.7 Å². The molecule has 210 valence electrons. The maximum Gasteiger partial charge on any atom is 0.230 e. The number of aliphatic hydroxyl groups is 1. The highest BCUT2D eigenvalue weighted by molar-refractivity contribution is 5.91. The van der Waals surface area contributed by atoms with Crippen molar-refractivity contribution in [2.75, 3.05) is 34.0 Å². The number of rotatable bonds is 16. The van der Waals surface area contributed by atoms with Gasteiger partial charge in [0.1, 0.15) is 0 Å². The minimum Gasteiger partial charge on any atom is -0.493 e. The molecule has 0 heterocycles. The molecular weight excluding hydrogens is 480 g/mol. The second kappa shape index (κ2) is 14.0. The summed E-state index contributed by atoms with van der Waals surface area (Å²) in [6.07, 6.45) is 3.10. The zero-order valence-corrected chi connectivity index (χ0v) is 23.7. The SMILES string of the molecule is COCCCOc1cc(C[C@@H](C[C@H](N)[C@@H](O)CNC(=O)C2(c3ccc(C)cc3)CC2)C(C)C)ccc1OC. The summed E-state index contributed by atoms with van der Waals surface area (Å²) in [5.74, 6) is 2.02. The van der Waals surface area contributed by atoms with Crippen LogP contribution < -0.4 is 20.5 Å². The van der Waals surface area contributed by atoms with Crippen LogP contribution in [0.5, 0.6) is 11.5 Å². The van der Waals surface area contributed by atoms with Gasteiger partial charge in [0.25, 0.3) is 0 Å². The molecule has 1 aliphatic carbocycles. The lowest BCUT2D eigenvalue weighted by atomic mass is 9.83. The molecule has 7 nitrogen and oxygen atoms in total. The second-order valence-electron chi connectivity index (χ2n) is 11.0. The van der Waals surface area contributed by atoms with Gasteiger partial charge in [0.2, 0.25) is 5.91 Å². The largest absolute Gasteiger partial charge is 0.493 e. The van der Waals surface area contributed by atoms with Gasteiger partial charge in [-0.05, 0) is 67.7 Å². The van der Waals surface area contributed by atoms with E-state index in [9.17, 15) is 9.90 Å². The molecule has 1 saturated carbocycles. The lowest BCUT2D eigenvalue weighted by Crippen LogP contribution is -2.47. The van der Waals surface area contributed by atoms with Crippen LogP contribution in [0.25, 0.3) is 0 Å². The van der Waals surface area contributed by atoms with Crippen molar-refractivity contribution in [3.8, 4) is 11.5 Å². The molecule has 0 spiro atoms. The lowest BCUT2D eigenvalue weighted by Gasteiger charge is -2.28. The first-order valence-electron chi connectivity index (χ1n) is 13.8. The quantitative estimate of drug-likeness (QED) is 0.284. The molecule has 0 aromatic heterocycles. The normalized spacial score (nSPS) is 16.5. The Bertz CT molecular complexity index is 1020. The number of benzene rings is 2. The highest BCUT2D eigenvalue weighted by Gasteiger charge is 2.51. The van der Waals surface area contributed by atoms with E-state index in [0.29, 0.717) is 31.3 Å². The van der Waals surface area contributed by atoms with E-state index in [4.69, 9.17) is 19.9 Å². The van der Waals surface area contributed by atoms with Gasteiger partial charge >= 0.3 is 0 Å². The molecule has 38 heavy (non-hydrogen) atoms. The molecule has 0 bridgehead atoms. The maximum absolute atomic E-state index is 13.0. The van der Waals surface area contributed by atoms with Crippen molar-refractivity contribution < 1.29 is 24.1 Å². The van der Waals surface area contributed by atoms with Crippen molar-refractivity contribution in [2.45, 2.75) is 70.4 Å². The number of aliphatic hydroxyl groups excluding tert-OH is 1. The minimum atomic E-state index is -0.815. The van der Waals surface area contributed by atoms with E-state index < -0.39 is 17.6 Å². The first kappa shape index (κ1) is 29.9. The molecule has 1 aliphatic rings. The number of methoxy groups -OCH3 is 2. The summed E-state index contributed by atoms with van der Waals surface area (Å²) in [6.45, 7) is 7.74. The Morgan fingerprint density at radius 1 is 1.08 bits per heavy atom. The molecule has 0 unspecified atom stereocenters. The molecule has 3 rings (SSSR count). The predicted octanol–water partition coefficient (Wildman–Crippen LogP) is 4.16. The van der Waals surface area contributed by atoms with Gasteiger partial charge in [-0.25, -0.2) is 0 Å². The number of nitrogens with two attached hydrogens (primary N) is 1. The molecule has 7 heteroatoms. The zero-order valence-electron chi connectivity index (χ0n) is 23.7. The fourth-order valence-corrected chi connectivity index (χ4v) is 4.91. The van der Waals surface area contributed by atoms with Gasteiger partial charge in [0.05, 0.1) is 25.2 Å². The Balaban J connectivity index is 1.55. The summed E-state index contributed by atoms with van der Waals surface area (Å²) in [4.78, 5) is 13.0. The fourth-order valence-electron chi connectivity index (χ4n) is 4.91. The first-order chi connectivity index (χ1) is 18.2. The van der Waals surface area contributed by atoms with Crippen LogP contribution in [0, 0.1) is 18.8 Å². The van der Waals surface area contributed by atoms with E-state index in [1.807, 2.05) is 43.3 Å². The Morgan fingerprint density at radius 3 is 2.39 bits per heavy atom. The van der Waals surface area contributed by atoms with Crippen LogP contribution in [-0.2, 0) is 21.4 Å². The minimum absolute atomic E-state index is 0.0238. The Kier molecular flexibility index (Phi) is 11.0. The van der Waals surface area contributed by atoms with Crippen molar-refractivity contribution in [2.24, 2.45) is 17.6 Å². The monoisotopic (exact) mass is 526 g/mol. The van der Waals surface area contributed by atoms with Gasteiger partial charge in [0, 0.05) is 32.7 Å². The van der Waals surface area contributed by atoms with E-state index >= 15 is 0 Å². The molecule has 4 N–H and O–H groups in total. The number of nitrogens with one attached hydrogen (secondary N) is 1. The highest BCUT2D eigenvalue weighted by Crippen LogP contribution is 2.48. The number of carbonyl (C=O) groups excluding carboxylic acids is 1. The van der Waals surface area contributed by atoms with Crippen LogP contribution in [0.15, 0.2) is 42.5 Å². The van der Waals surface area contributed by atoms with E-state index in [1.165, 1.54) is 5.56 Å². The number of hydrogen-bond donors (Lipinski definition) is 3. The highest BCUT2D eigenvalue weighted by atomic mass is 16.5. The van der Waals surface area contributed by atoms with Crippen molar-refractivity contribution in [1.29, 1.82) is 0 Å². The predicted molar refractivity (Wildman–Crippen MR) is 151 cm³/mol. The van der Waals surface area contributed by atoms with E-state index in [0.717, 1.165) is 42.6 Å². The number of ether oxygens (including phenoxy) is 3. The van der Waals surface area contributed by atoms with Crippen molar-refractivity contribution in [1.82, 2.24) is 5.32 Å². The fraction of sp³-hybridized carbons (Fsp3) is 0.581. The molecule has 1 amide bonds. The standard InChI is InChI=1S/C31H46N2O5/c1-21(2)24(17-23-9-12-28(37-5)29(18-23)38-16-6-15-36-4)19-26(32)27(34)20-33-30(35)31(13-14-31)25-10-7-22(3)8-11-25/h7-12,18,21,24,26-27,34H,6,13-17,19-20,32H2,1-5H3,(H,33,35)/t24-,26-,27-/m0/s1. The van der Waals surface area contributed by atoms with Crippen LogP contribution in [-0.4, -0.2) is 57.1 Å². The molecule has 1 fully saturated rings. The summed E-state index contributed by atoms with van der Waals surface area (Å²) in [7, 11) is 3.32. The molecule has 2 aromatic rings. The average Bonchev–Trinajstić information content (AvgIpc) is 3.71. The van der Waals surface area contributed by atoms with Crippen LogP contribution in [0.2, 0.25) is 0 Å². The Hall–Kier alpha value is -2.61. The number of aryl methyl sites for hydroxylation is 1. The zero-order chi connectivity index (χ0) is 27.7. The summed E-state index contributed by atoms with van der Waals surface area (Å²) in [5.41, 5.74) is 9.35. The second-order valence-corrected chi connectivity index (χ2v) is 11.0. The van der Waals surface area contributed by atoms with Crippen LogP contribution >= 0.6 is 0 Å². The average molecular weight is 527 g/mol. The van der Waals surface area contributed by atoms with Crippen molar-refractivity contribution in [3.63, 3.8) is 0 Å². The Labute approximate surface area is 228 Å². The number of carbonyl (C=O) groups is 1. The van der Waals surface area contributed by atoms with Crippen molar-refractivity contribution in [3.05, 3.63) is 59.2 Å². The van der Waals surface area contributed by atoms with Crippen LogP contribution in [0.1, 0.15) is 56.2 Å². The maximum atomic E-state index is 13.0. The number of hydrogen-bond acceptors (Lipinski definition) is 6. The number of amides is 1. The topological polar surface area (TPSA) is 103 Å². The third-order valence-electron chi connectivity index (χ3n) is 7.75. The molecule has 2 aromatic carbocycles. The van der Waals surface area contributed by atoms with E-state index in [1.54, 1.807) is 14.2 Å². The molecule has 0 radical (unpaired) electrons. The molecular formula is C31H46N2O5. The third-order valence-corrected chi connectivity index (χ3v) is 7.75. The van der Waals surface area contributed by atoms with Gasteiger partial charge in [0.15, 0.2) is 11.5 Å². The van der Waals surface area contributed by atoms with Gasteiger partial charge in [-0.2, -0.15) is 0 Å². The summed E-state index contributed by atoms with van der Waals surface area (Å²) in [6, 6.07) is 13.7. The smallest absolute Gasteiger partial charge is 0.230 e. The summed E-state index contributed by atoms with van der Waals surface area (Å²) in [5, 5.41) is 13.8. The van der Waals surface area contributed by atoms with Crippen LogP contribution in [0.3, 0.4) is 0 Å². The van der Waals surface area contributed by atoms with E-state index in [2.05, 4.69) is 25.2 Å². The van der Waals surface area contributed by atoms with Gasteiger partial charge in [-0.15, -0.1) is 0 Å². The molecule has 0 aliphatic heterocycles. The van der Waals surface area contributed by atoms with Crippen LogP contribution in [0.4, 0.5) is 0 Å². The van der Waals surface area contributed by atoms with Gasteiger partial charge < -0.3 is 30.4 Å². The summed E-state index contributed by atoms with van der Waals surface area (Å²) < 4.78 is 16.5. The first-order valence-corrected chi connectivity index (χ1v) is 13.8. The van der Waals surface area contributed by atoms with Crippen molar-refractivity contribution >= 4 is 5.91 Å². The Morgan fingerprint density at radius 2 is 1.79 bits per heavy atom. The van der Waals surface area contributed by atoms with Gasteiger partial charge in [-0.3, -0.25) is 4.79 Å².